The fraction of sp³-hybridized carbons (Fsp3) is 0.571. The van der Waals surface area contributed by atoms with Gasteiger partial charge in [-0.25, -0.2) is 8.78 Å². The molecule has 0 atom stereocenters. The van der Waals surface area contributed by atoms with E-state index in [4.69, 9.17) is 5.73 Å². The number of nitrogens with zero attached hydrogens (tertiary/aromatic N) is 1. The van der Waals surface area contributed by atoms with Crippen LogP contribution in [-0.4, -0.2) is 16.1 Å². The van der Waals surface area contributed by atoms with Gasteiger partial charge in [-0.1, -0.05) is 0 Å². The highest BCUT2D eigenvalue weighted by Gasteiger charge is 2.47. The lowest BCUT2D eigenvalue weighted by Gasteiger charge is -2.34. The minimum atomic E-state index is -2.50. The summed E-state index contributed by atoms with van der Waals surface area (Å²) < 4.78 is 24.9. The third-order valence-electron chi connectivity index (χ3n) is 2.20. The molecule has 1 aromatic heterocycles. The molecular formula is C7H9F2N3. The first-order valence-corrected chi connectivity index (χ1v) is 3.75. The molecule has 0 saturated heterocycles. The van der Waals surface area contributed by atoms with Crippen molar-refractivity contribution < 1.29 is 8.78 Å². The zero-order chi connectivity index (χ0) is 8.77. The molecule has 0 aromatic carbocycles. The Morgan fingerprint density at radius 3 is 2.67 bits per heavy atom. The second kappa shape index (κ2) is 2.18. The van der Waals surface area contributed by atoms with Crippen LogP contribution in [0.1, 0.15) is 24.5 Å². The number of nitrogen functional groups attached to an aromatic ring is 1. The highest BCUT2D eigenvalue weighted by atomic mass is 19.3. The van der Waals surface area contributed by atoms with Crippen LogP contribution in [0.15, 0.2) is 6.20 Å². The van der Waals surface area contributed by atoms with E-state index in [9.17, 15) is 8.78 Å². The molecule has 2 rings (SSSR count). The summed E-state index contributed by atoms with van der Waals surface area (Å²) in [7, 11) is 0. The molecule has 3 nitrogen and oxygen atoms in total. The van der Waals surface area contributed by atoms with Crippen molar-refractivity contribution in [2.75, 3.05) is 5.73 Å². The van der Waals surface area contributed by atoms with Gasteiger partial charge < -0.3 is 5.73 Å². The predicted octanol–water partition coefficient (Wildman–Crippen LogP) is 1.50. The summed E-state index contributed by atoms with van der Waals surface area (Å²) in [4.78, 5) is 0. The molecule has 0 aliphatic heterocycles. The Hall–Kier alpha value is -1.13. The number of aromatic nitrogens is 2. The number of rotatable bonds is 1. The molecule has 1 aromatic rings. The highest BCUT2D eigenvalue weighted by molar-refractivity contribution is 5.43. The van der Waals surface area contributed by atoms with Crippen molar-refractivity contribution in [3.63, 3.8) is 0 Å². The molecule has 0 amide bonds. The Morgan fingerprint density at radius 1 is 1.58 bits per heavy atom. The minimum absolute atomic E-state index is 0.112. The average Bonchev–Trinajstić information content (AvgIpc) is 2.30. The summed E-state index contributed by atoms with van der Waals surface area (Å²) >= 11 is 0. The summed E-state index contributed by atoms with van der Waals surface area (Å²) in [5.74, 6) is -2.63. The van der Waals surface area contributed by atoms with Crippen molar-refractivity contribution in [1.29, 1.82) is 0 Å². The summed E-state index contributed by atoms with van der Waals surface area (Å²) in [5.41, 5.74) is 6.64. The average molecular weight is 173 g/mol. The monoisotopic (exact) mass is 173 g/mol. The van der Waals surface area contributed by atoms with Crippen LogP contribution >= 0.6 is 0 Å². The molecule has 0 unspecified atom stereocenters. The van der Waals surface area contributed by atoms with Gasteiger partial charge in [-0.2, -0.15) is 5.10 Å². The number of alkyl halides is 2. The Labute approximate surface area is 68.0 Å². The van der Waals surface area contributed by atoms with Crippen molar-refractivity contribution in [3.05, 3.63) is 11.9 Å². The van der Waals surface area contributed by atoms with Gasteiger partial charge in [-0.15, -0.1) is 0 Å². The number of halogens is 2. The maximum atomic E-state index is 12.4. The largest absolute Gasteiger partial charge is 0.396 e. The first-order chi connectivity index (χ1) is 5.58. The van der Waals surface area contributed by atoms with E-state index in [2.05, 4.69) is 10.2 Å². The third-order valence-corrected chi connectivity index (χ3v) is 2.20. The van der Waals surface area contributed by atoms with Crippen LogP contribution in [0, 0.1) is 0 Å². The number of hydrogen-bond donors (Lipinski definition) is 2. The Kier molecular flexibility index (Phi) is 1.37. The lowest BCUT2D eigenvalue weighted by molar-refractivity contribution is -0.0874. The molecule has 1 fully saturated rings. The number of aromatic amines is 1. The van der Waals surface area contributed by atoms with Crippen LogP contribution in [0.3, 0.4) is 0 Å². The van der Waals surface area contributed by atoms with Crippen LogP contribution in [0.4, 0.5) is 14.5 Å². The van der Waals surface area contributed by atoms with Gasteiger partial charge in [0, 0.05) is 18.8 Å². The zero-order valence-corrected chi connectivity index (χ0v) is 6.35. The van der Waals surface area contributed by atoms with E-state index in [1.54, 1.807) is 0 Å². The summed E-state index contributed by atoms with van der Waals surface area (Å²) in [6.45, 7) is 0. The Morgan fingerprint density at radius 2 is 2.25 bits per heavy atom. The lowest BCUT2D eigenvalue weighted by atomic mass is 9.79. The highest BCUT2D eigenvalue weighted by Crippen LogP contribution is 2.48. The van der Waals surface area contributed by atoms with Crippen LogP contribution in [0.5, 0.6) is 0 Å². The summed E-state index contributed by atoms with van der Waals surface area (Å²) in [5, 5.41) is 6.31. The van der Waals surface area contributed by atoms with Gasteiger partial charge in [0.2, 0.25) is 5.92 Å². The fourth-order valence-electron chi connectivity index (χ4n) is 1.50. The smallest absolute Gasteiger partial charge is 0.249 e. The standard InChI is InChI=1S/C7H9F2N3/c8-7(9)1-4(2-7)6-5(10)3-11-12-6/h3-4H,1-2,10H2,(H,11,12). The molecule has 0 radical (unpaired) electrons. The van der Waals surface area contributed by atoms with E-state index in [1.165, 1.54) is 6.20 Å². The maximum Gasteiger partial charge on any atom is 0.249 e. The molecule has 1 aliphatic rings. The molecule has 3 N–H and O–H groups in total. The number of anilines is 1. The zero-order valence-electron chi connectivity index (χ0n) is 6.35. The molecule has 66 valence electrons. The van der Waals surface area contributed by atoms with Crippen LogP contribution in [0.2, 0.25) is 0 Å². The summed E-state index contributed by atoms with van der Waals surface area (Å²) in [6.07, 6.45) is 1.23. The fourth-order valence-corrected chi connectivity index (χ4v) is 1.50. The van der Waals surface area contributed by atoms with Gasteiger partial charge in [0.05, 0.1) is 17.6 Å². The van der Waals surface area contributed by atoms with Gasteiger partial charge in [0.25, 0.3) is 0 Å². The van der Waals surface area contributed by atoms with Crippen molar-refractivity contribution in [2.24, 2.45) is 0 Å². The molecule has 5 heteroatoms. The van der Waals surface area contributed by atoms with Gasteiger partial charge >= 0.3 is 0 Å². The van der Waals surface area contributed by atoms with E-state index in [1.807, 2.05) is 0 Å². The quantitative estimate of drug-likeness (QED) is 0.676. The molecule has 0 bridgehead atoms. The third kappa shape index (κ3) is 1.05. The summed E-state index contributed by atoms with van der Waals surface area (Å²) in [6, 6.07) is 0. The minimum Gasteiger partial charge on any atom is -0.396 e. The SMILES string of the molecule is Nc1cn[nH]c1C1CC(F)(F)C1. The maximum absolute atomic E-state index is 12.4. The van der Waals surface area contributed by atoms with Gasteiger partial charge in [-0.05, 0) is 0 Å². The number of nitrogens with one attached hydrogen (secondary N) is 1. The molecule has 1 heterocycles. The van der Waals surface area contributed by atoms with E-state index >= 15 is 0 Å². The van der Waals surface area contributed by atoms with E-state index in [0.717, 1.165) is 0 Å². The first kappa shape index (κ1) is 7.52. The van der Waals surface area contributed by atoms with Crippen LogP contribution < -0.4 is 5.73 Å². The van der Waals surface area contributed by atoms with Crippen molar-refractivity contribution >= 4 is 5.69 Å². The molecule has 12 heavy (non-hydrogen) atoms. The molecular weight excluding hydrogens is 164 g/mol. The molecule has 0 spiro atoms. The topological polar surface area (TPSA) is 54.7 Å². The number of hydrogen-bond acceptors (Lipinski definition) is 2. The first-order valence-electron chi connectivity index (χ1n) is 3.75. The van der Waals surface area contributed by atoms with E-state index in [0.29, 0.717) is 11.4 Å². The molecule has 1 aliphatic carbocycles. The number of nitrogens with two attached hydrogens (primary N) is 1. The van der Waals surface area contributed by atoms with Crippen molar-refractivity contribution in [3.8, 4) is 0 Å². The lowest BCUT2D eigenvalue weighted by Crippen LogP contribution is -2.34. The van der Waals surface area contributed by atoms with Crippen LogP contribution in [-0.2, 0) is 0 Å². The van der Waals surface area contributed by atoms with E-state index < -0.39 is 5.92 Å². The van der Waals surface area contributed by atoms with Crippen molar-refractivity contribution in [1.82, 2.24) is 10.2 Å². The van der Waals surface area contributed by atoms with E-state index in [-0.39, 0.29) is 18.8 Å². The normalized spacial score (nSPS) is 22.2. The second-order valence-electron chi connectivity index (χ2n) is 3.20. The second-order valence-corrected chi connectivity index (χ2v) is 3.20. The van der Waals surface area contributed by atoms with Gasteiger partial charge in [-0.3, -0.25) is 5.10 Å². The Bertz CT molecular complexity index is 287. The van der Waals surface area contributed by atoms with Crippen LogP contribution in [0.25, 0.3) is 0 Å². The van der Waals surface area contributed by atoms with Gasteiger partial charge in [0.15, 0.2) is 0 Å². The van der Waals surface area contributed by atoms with Crippen molar-refractivity contribution in [2.45, 2.75) is 24.7 Å². The Balaban J connectivity index is 2.11. The number of H-pyrrole nitrogens is 1. The predicted molar refractivity (Wildman–Crippen MR) is 39.9 cm³/mol. The molecule has 1 saturated carbocycles. The van der Waals surface area contributed by atoms with Gasteiger partial charge in [0.1, 0.15) is 0 Å².